The highest BCUT2D eigenvalue weighted by molar-refractivity contribution is 9.10. The van der Waals surface area contributed by atoms with Gasteiger partial charge in [0, 0.05) is 9.85 Å². The van der Waals surface area contributed by atoms with Crippen LogP contribution in [0.2, 0.25) is 0 Å². The summed E-state index contributed by atoms with van der Waals surface area (Å²) >= 11 is 4.88. The van der Waals surface area contributed by atoms with E-state index in [1.54, 1.807) is 23.5 Å². The number of rotatable bonds is 3. The topological polar surface area (TPSA) is 72.0 Å². The molecule has 2 heterocycles. The van der Waals surface area contributed by atoms with E-state index in [2.05, 4.69) is 31.1 Å². The molecule has 20 heavy (non-hydrogen) atoms. The van der Waals surface area contributed by atoms with Gasteiger partial charge in [0.25, 0.3) is 5.89 Å². The summed E-state index contributed by atoms with van der Waals surface area (Å²) in [6.45, 7) is 1.95. The van der Waals surface area contributed by atoms with E-state index in [9.17, 15) is 5.11 Å². The van der Waals surface area contributed by atoms with E-state index in [1.807, 2.05) is 18.4 Å². The lowest BCUT2D eigenvalue weighted by Crippen LogP contribution is -1.91. The Labute approximate surface area is 127 Å². The molecule has 0 radical (unpaired) electrons. The van der Waals surface area contributed by atoms with Crippen molar-refractivity contribution in [3.8, 4) is 17.2 Å². The number of hydrogen-bond acceptors (Lipinski definition) is 6. The first-order valence-electron chi connectivity index (χ1n) is 5.84. The van der Waals surface area contributed by atoms with Crippen LogP contribution >= 0.6 is 27.3 Å². The van der Waals surface area contributed by atoms with Gasteiger partial charge in [0.05, 0.1) is 22.7 Å². The largest absolute Gasteiger partial charge is 0.507 e. The number of aromatic nitrogens is 3. The Kier molecular flexibility index (Phi) is 3.54. The van der Waals surface area contributed by atoms with Crippen LogP contribution in [0.25, 0.3) is 11.5 Å². The number of hydrogen-bond donors (Lipinski definition) is 1. The first-order valence-corrected chi connectivity index (χ1v) is 7.51. The molecule has 3 aromatic rings. The Morgan fingerprint density at radius 2 is 2.20 bits per heavy atom. The lowest BCUT2D eigenvalue weighted by atomic mass is 10.2. The molecular weight excluding hydrogens is 342 g/mol. The summed E-state index contributed by atoms with van der Waals surface area (Å²) in [5.41, 5.74) is 1.43. The zero-order valence-corrected chi connectivity index (χ0v) is 12.9. The van der Waals surface area contributed by atoms with Crippen molar-refractivity contribution in [2.45, 2.75) is 13.3 Å². The Hall–Kier alpha value is -1.73. The predicted octanol–water partition coefficient (Wildman–Crippen LogP) is 3.56. The Bertz CT molecular complexity index is 754. The van der Waals surface area contributed by atoms with E-state index >= 15 is 0 Å². The molecule has 0 bridgehead atoms. The molecule has 0 aliphatic rings. The van der Waals surface area contributed by atoms with Crippen LogP contribution in [0.5, 0.6) is 5.75 Å². The van der Waals surface area contributed by atoms with Crippen LogP contribution in [0.4, 0.5) is 0 Å². The number of aromatic hydroxyl groups is 1. The SMILES string of the molecule is Cc1nc(Cc2noc(-c3ccc(Br)cc3O)n2)cs1. The highest BCUT2D eigenvalue weighted by Gasteiger charge is 2.14. The van der Waals surface area contributed by atoms with Gasteiger partial charge in [0.15, 0.2) is 5.82 Å². The van der Waals surface area contributed by atoms with Gasteiger partial charge in [0.1, 0.15) is 5.75 Å². The maximum atomic E-state index is 9.88. The molecule has 102 valence electrons. The van der Waals surface area contributed by atoms with Crippen molar-refractivity contribution in [2.75, 3.05) is 0 Å². The second-order valence-corrected chi connectivity index (χ2v) is 6.19. The van der Waals surface area contributed by atoms with Gasteiger partial charge in [-0.2, -0.15) is 4.98 Å². The zero-order chi connectivity index (χ0) is 14.1. The van der Waals surface area contributed by atoms with Crippen molar-refractivity contribution in [1.82, 2.24) is 15.1 Å². The van der Waals surface area contributed by atoms with Crippen LogP contribution in [-0.4, -0.2) is 20.2 Å². The van der Waals surface area contributed by atoms with E-state index in [-0.39, 0.29) is 5.75 Å². The maximum absolute atomic E-state index is 9.88. The molecular formula is C13H10BrN3O2S. The third kappa shape index (κ3) is 2.73. The standard InChI is InChI=1S/C13H10BrN3O2S/c1-7-15-9(6-20-7)5-12-16-13(19-17-12)10-3-2-8(14)4-11(10)18/h2-4,6,18H,5H2,1H3. The highest BCUT2D eigenvalue weighted by Crippen LogP contribution is 2.30. The maximum Gasteiger partial charge on any atom is 0.261 e. The molecule has 0 saturated heterocycles. The molecule has 0 atom stereocenters. The summed E-state index contributed by atoms with van der Waals surface area (Å²) in [5, 5.41) is 16.8. The summed E-state index contributed by atoms with van der Waals surface area (Å²) in [6.07, 6.45) is 0.519. The van der Waals surface area contributed by atoms with Gasteiger partial charge in [-0.15, -0.1) is 11.3 Å². The number of aryl methyl sites for hydroxylation is 1. The molecule has 3 rings (SSSR count). The molecule has 0 unspecified atom stereocenters. The fourth-order valence-corrected chi connectivity index (χ4v) is 2.73. The third-order valence-electron chi connectivity index (χ3n) is 2.66. The van der Waals surface area contributed by atoms with Crippen LogP contribution in [-0.2, 0) is 6.42 Å². The monoisotopic (exact) mass is 351 g/mol. The van der Waals surface area contributed by atoms with Gasteiger partial charge >= 0.3 is 0 Å². The Morgan fingerprint density at radius 3 is 2.90 bits per heavy atom. The molecule has 2 aromatic heterocycles. The molecule has 0 spiro atoms. The van der Waals surface area contributed by atoms with Gasteiger partial charge in [-0.25, -0.2) is 4.98 Å². The Balaban J connectivity index is 1.86. The van der Waals surface area contributed by atoms with E-state index < -0.39 is 0 Å². The molecule has 0 aliphatic carbocycles. The van der Waals surface area contributed by atoms with Crippen LogP contribution in [0.15, 0.2) is 32.6 Å². The van der Waals surface area contributed by atoms with Crippen molar-refractivity contribution in [1.29, 1.82) is 0 Å². The lowest BCUT2D eigenvalue weighted by Gasteiger charge is -1.98. The minimum atomic E-state index is 0.0964. The van der Waals surface area contributed by atoms with Crippen LogP contribution in [0.3, 0.4) is 0 Å². The second kappa shape index (κ2) is 5.34. The van der Waals surface area contributed by atoms with E-state index in [1.165, 1.54) is 0 Å². The van der Waals surface area contributed by atoms with Gasteiger partial charge in [-0.05, 0) is 25.1 Å². The molecule has 5 nitrogen and oxygen atoms in total. The summed E-state index contributed by atoms with van der Waals surface area (Å²) in [4.78, 5) is 8.65. The summed E-state index contributed by atoms with van der Waals surface area (Å²) < 4.78 is 5.98. The summed E-state index contributed by atoms with van der Waals surface area (Å²) in [6, 6.07) is 5.12. The number of nitrogens with zero attached hydrogens (tertiary/aromatic N) is 3. The quantitative estimate of drug-likeness (QED) is 0.780. The van der Waals surface area contributed by atoms with E-state index in [0.717, 1.165) is 15.2 Å². The van der Waals surface area contributed by atoms with Crippen molar-refractivity contribution < 1.29 is 9.63 Å². The van der Waals surface area contributed by atoms with Gasteiger partial charge in [0.2, 0.25) is 0 Å². The number of phenols is 1. The fourth-order valence-electron chi connectivity index (χ4n) is 1.77. The number of phenolic OH excluding ortho intramolecular Hbond substituents is 1. The summed E-state index contributed by atoms with van der Waals surface area (Å²) in [7, 11) is 0. The van der Waals surface area contributed by atoms with Crippen molar-refractivity contribution in [3.05, 3.63) is 44.6 Å². The fraction of sp³-hybridized carbons (Fsp3) is 0.154. The predicted molar refractivity (Wildman–Crippen MR) is 78.8 cm³/mol. The summed E-state index contributed by atoms with van der Waals surface area (Å²) in [5.74, 6) is 0.948. The smallest absolute Gasteiger partial charge is 0.261 e. The second-order valence-electron chi connectivity index (χ2n) is 4.21. The van der Waals surface area contributed by atoms with Crippen molar-refractivity contribution >= 4 is 27.3 Å². The van der Waals surface area contributed by atoms with Gasteiger partial charge in [-0.1, -0.05) is 21.1 Å². The average molecular weight is 352 g/mol. The molecule has 0 saturated carbocycles. The van der Waals surface area contributed by atoms with Crippen LogP contribution < -0.4 is 0 Å². The number of halogens is 1. The first-order chi connectivity index (χ1) is 9.61. The van der Waals surface area contributed by atoms with Crippen LogP contribution in [0.1, 0.15) is 16.5 Å². The minimum Gasteiger partial charge on any atom is -0.507 e. The average Bonchev–Trinajstić information content (AvgIpc) is 2.99. The number of thiazole rings is 1. The molecule has 1 aromatic carbocycles. The van der Waals surface area contributed by atoms with Crippen LogP contribution in [0, 0.1) is 6.92 Å². The van der Waals surface area contributed by atoms with Crippen molar-refractivity contribution in [2.24, 2.45) is 0 Å². The molecule has 7 heteroatoms. The minimum absolute atomic E-state index is 0.0964. The zero-order valence-electron chi connectivity index (χ0n) is 10.5. The Morgan fingerprint density at radius 1 is 1.35 bits per heavy atom. The molecule has 0 aliphatic heterocycles. The van der Waals surface area contributed by atoms with Crippen molar-refractivity contribution in [3.63, 3.8) is 0 Å². The van der Waals surface area contributed by atoms with E-state index in [4.69, 9.17) is 4.52 Å². The number of benzene rings is 1. The van der Waals surface area contributed by atoms with E-state index in [0.29, 0.717) is 23.7 Å². The van der Waals surface area contributed by atoms with Gasteiger partial charge in [-0.3, -0.25) is 0 Å². The lowest BCUT2D eigenvalue weighted by molar-refractivity contribution is 0.418. The molecule has 0 amide bonds. The third-order valence-corrected chi connectivity index (χ3v) is 3.98. The first kappa shape index (κ1) is 13.3. The molecule has 0 fully saturated rings. The van der Waals surface area contributed by atoms with Gasteiger partial charge < -0.3 is 9.63 Å². The molecule has 1 N–H and O–H groups in total. The highest BCUT2D eigenvalue weighted by atomic mass is 79.9. The normalized spacial score (nSPS) is 10.9.